The summed E-state index contributed by atoms with van der Waals surface area (Å²) in [5.41, 5.74) is 6.24. The summed E-state index contributed by atoms with van der Waals surface area (Å²) in [6.07, 6.45) is 0. The molecule has 0 aliphatic carbocycles. The standard InChI is InChI=1S/C11H15FN2O2/c1-2-16-7-11(15)14-9-3-4-10(12)8(5-9)6-13/h3-5H,2,6-7,13H2,1H3,(H,14,15). The van der Waals surface area contributed by atoms with Crippen molar-refractivity contribution in [1.29, 1.82) is 0 Å². The molecule has 0 heterocycles. The Labute approximate surface area is 93.6 Å². The number of rotatable bonds is 5. The number of hydrogen-bond donors (Lipinski definition) is 2. The van der Waals surface area contributed by atoms with Crippen molar-refractivity contribution in [2.24, 2.45) is 5.73 Å². The second kappa shape index (κ2) is 6.19. The summed E-state index contributed by atoms with van der Waals surface area (Å²) in [4.78, 5) is 11.3. The highest BCUT2D eigenvalue weighted by molar-refractivity contribution is 5.91. The van der Waals surface area contributed by atoms with E-state index in [9.17, 15) is 9.18 Å². The minimum atomic E-state index is -0.370. The quantitative estimate of drug-likeness (QED) is 0.794. The predicted molar refractivity (Wildman–Crippen MR) is 59.4 cm³/mol. The summed E-state index contributed by atoms with van der Waals surface area (Å²) in [6.45, 7) is 2.37. The first-order valence-corrected chi connectivity index (χ1v) is 5.03. The van der Waals surface area contributed by atoms with E-state index in [0.29, 0.717) is 17.9 Å². The van der Waals surface area contributed by atoms with Crippen molar-refractivity contribution < 1.29 is 13.9 Å². The normalized spacial score (nSPS) is 10.2. The van der Waals surface area contributed by atoms with Gasteiger partial charge in [-0.2, -0.15) is 0 Å². The highest BCUT2D eigenvalue weighted by Gasteiger charge is 2.05. The summed E-state index contributed by atoms with van der Waals surface area (Å²) in [5.74, 6) is -0.637. The zero-order valence-corrected chi connectivity index (χ0v) is 9.13. The van der Waals surface area contributed by atoms with Crippen LogP contribution in [0.1, 0.15) is 12.5 Å². The molecule has 16 heavy (non-hydrogen) atoms. The molecule has 0 saturated heterocycles. The molecule has 0 saturated carbocycles. The van der Waals surface area contributed by atoms with Gasteiger partial charge in [-0.25, -0.2) is 4.39 Å². The maximum atomic E-state index is 13.1. The molecular weight excluding hydrogens is 211 g/mol. The largest absolute Gasteiger partial charge is 0.372 e. The molecule has 0 radical (unpaired) electrons. The minimum absolute atomic E-state index is 0.00810. The number of carbonyl (C=O) groups is 1. The average Bonchev–Trinajstić information content (AvgIpc) is 2.29. The van der Waals surface area contributed by atoms with Crippen molar-refractivity contribution in [1.82, 2.24) is 0 Å². The zero-order chi connectivity index (χ0) is 12.0. The van der Waals surface area contributed by atoms with Crippen molar-refractivity contribution in [3.05, 3.63) is 29.6 Å². The van der Waals surface area contributed by atoms with Gasteiger partial charge in [0.05, 0.1) is 0 Å². The third kappa shape index (κ3) is 3.60. The van der Waals surface area contributed by atoms with Gasteiger partial charge in [0.2, 0.25) is 5.91 Å². The molecule has 0 atom stereocenters. The summed E-state index contributed by atoms with van der Waals surface area (Å²) in [5, 5.41) is 2.59. The first-order chi connectivity index (χ1) is 7.67. The number of nitrogens with two attached hydrogens (primary N) is 1. The molecule has 4 nitrogen and oxygen atoms in total. The maximum Gasteiger partial charge on any atom is 0.250 e. The summed E-state index contributed by atoms with van der Waals surface area (Å²) < 4.78 is 18.0. The average molecular weight is 226 g/mol. The number of hydrogen-bond acceptors (Lipinski definition) is 3. The fourth-order valence-electron chi connectivity index (χ4n) is 1.20. The van der Waals surface area contributed by atoms with Crippen LogP contribution >= 0.6 is 0 Å². The Balaban J connectivity index is 2.63. The summed E-state index contributed by atoms with van der Waals surface area (Å²) >= 11 is 0. The third-order valence-electron chi connectivity index (χ3n) is 1.99. The van der Waals surface area contributed by atoms with Gasteiger partial charge in [0.25, 0.3) is 0 Å². The van der Waals surface area contributed by atoms with Crippen molar-refractivity contribution in [3.8, 4) is 0 Å². The highest BCUT2D eigenvalue weighted by Crippen LogP contribution is 2.14. The van der Waals surface area contributed by atoms with E-state index < -0.39 is 0 Å². The SMILES string of the molecule is CCOCC(=O)Nc1ccc(F)c(CN)c1. The molecule has 1 aromatic carbocycles. The summed E-state index contributed by atoms with van der Waals surface area (Å²) in [7, 11) is 0. The van der Waals surface area contributed by atoms with Crippen LogP contribution in [0.15, 0.2) is 18.2 Å². The number of carbonyl (C=O) groups excluding carboxylic acids is 1. The smallest absolute Gasteiger partial charge is 0.250 e. The van der Waals surface area contributed by atoms with Gasteiger partial charge in [-0.3, -0.25) is 4.79 Å². The Morgan fingerprint density at radius 2 is 2.31 bits per heavy atom. The van der Waals surface area contributed by atoms with Gasteiger partial charge >= 0.3 is 0 Å². The first-order valence-electron chi connectivity index (χ1n) is 5.03. The minimum Gasteiger partial charge on any atom is -0.372 e. The molecule has 3 N–H and O–H groups in total. The monoisotopic (exact) mass is 226 g/mol. The van der Waals surface area contributed by atoms with Crippen molar-refractivity contribution in [2.75, 3.05) is 18.5 Å². The Kier molecular flexibility index (Phi) is 4.88. The number of halogens is 1. The van der Waals surface area contributed by atoms with Gasteiger partial charge in [-0.15, -0.1) is 0 Å². The van der Waals surface area contributed by atoms with Gasteiger partial charge in [0, 0.05) is 24.4 Å². The molecule has 0 aliphatic rings. The molecule has 0 aromatic heterocycles. The molecule has 1 aromatic rings. The zero-order valence-electron chi connectivity index (χ0n) is 9.13. The lowest BCUT2D eigenvalue weighted by Crippen LogP contribution is -2.18. The van der Waals surface area contributed by atoms with Crippen molar-refractivity contribution >= 4 is 11.6 Å². The van der Waals surface area contributed by atoms with Crippen LogP contribution in [-0.2, 0) is 16.1 Å². The third-order valence-corrected chi connectivity index (χ3v) is 1.99. The predicted octanol–water partition coefficient (Wildman–Crippen LogP) is 1.26. The molecule has 0 unspecified atom stereocenters. The van der Waals surface area contributed by atoms with Crippen LogP contribution in [-0.4, -0.2) is 19.1 Å². The number of amides is 1. The molecule has 0 spiro atoms. The van der Waals surface area contributed by atoms with E-state index >= 15 is 0 Å². The lowest BCUT2D eigenvalue weighted by atomic mass is 10.2. The van der Waals surface area contributed by atoms with E-state index in [0.717, 1.165) is 0 Å². The molecule has 5 heteroatoms. The van der Waals surface area contributed by atoms with Gasteiger partial charge in [-0.1, -0.05) is 0 Å². The second-order valence-corrected chi connectivity index (χ2v) is 3.20. The fourth-order valence-corrected chi connectivity index (χ4v) is 1.20. The Hall–Kier alpha value is -1.46. The summed E-state index contributed by atoms with van der Waals surface area (Å²) in [6, 6.07) is 4.27. The van der Waals surface area contributed by atoms with Crippen LogP contribution in [0.25, 0.3) is 0 Å². The second-order valence-electron chi connectivity index (χ2n) is 3.20. The molecule has 0 fully saturated rings. The van der Waals surface area contributed by atoms with E-state index in [4.69, 9.17) is 10.5 Å². The van der Waals surface area contributed by atoms with E-state index in [1.54, 1.807) is 6.92 Å². The number of nitrogens with one attached hydrogen (secondary N) is 1. The van der Waals surface area contributed by atoms with Gasteiger partial charge in [0.15, 0.2) is 0 Å². The number of benzene rings is 1. The van der Waals surface area contributed by atoms with Crippen LogP contribution in [0.2, 0.25) is 0 Å². The fraction of sp³-hybridized carbons (Fsp3) is 0.364. The van der Waals surface area contributed by atoms with Crippen LogP contribution in [0.4, 0.5) is 10.1 Å². The topological polar surface area (TPSA) is 64.3 Å². The Morgan fingerprint density at radius 3 is 2.94 bits per heavy atom. The van der Waals surface area contributed by atoms with E-state index in [-0.39, 0.29) is 24.9 Å². The molecule has 88 valence electrons. The van der Waals surface area contributed by atoms with Crippen LogP contribution in [0.5, 0.6) is 0 Å². The first kappa shape index (κ1) is 12.6. The highest BCUT2D eigenvalue weighted by atomic mass is 19.1. The van der Waals surface area contributed by atoms with Gasteiger partial charge in [0.1, 0.15) is 12.4 Å². The number of anilines is 1. The molecular formula is C11H15FN2O2. The Morgan fingerprint density at radius 1 is 1.56 bits per heavy atom. The molecule has 1 amide bonds. The van der Waals surface area contributed by atoms with Gasteiger partial charge < -0.3 is 15.8 Å². The van der Waals surface area contributed by atoms with Crippen molar-refractivity contribution in [2.45, 2.75) is 13.5 Å². The maximum absolute atomic E-state index is 13.1. The van der Waals surface area contributed by atoms with E-state index in [1.807, 2.05) is 0 Å². The molecule has 0 aliphatic heterocycles. The lowest BCUT2D eigenvalue weighted by molar-refractivity contribution is -0.120. The number of ether oxygens (including phenoxy) is 1. The van der Waals surface area contributed by atoms with Crippen LogP contribution in [0.3, 0.4) is 0 Å². The Bertz CT molecular complexity index is 369. The molecule has 0 bridgehead atoms. The molecule has 1 rings (SSSR count). The van der Waals surface area contributed by atoms with E-state index in [2.05, 4.69) is 5.32 Å². The van der Waals surface area contributed by atoms with Crippen LogP contribution in [0, 0.1) is 5.82 Å². The van der Waals surface area contributed by atoms with Gasteiger partial charge in [-0.05, 0) is 25.1 Å². The van der Waals surface area contributed by atoms with E-state index in [1.165, 1.54) is 18.2 Å². The van der Waals surface area contributed by atoms with Crippen LogP contribution < -0.4 is 11.1 Å². The lowest BCUT2D eigenvalue weighted by Gasteiger charge is -2.07. The van der Waals surface area contributed by atoms with Crippen molar-refractivity contribution in [3.63, 3.8) is 0 Å².